The molecule has 4 heteroatoms. The van der Waals surface area contributed by atoms with Gasteiger partial charge >= 0.3 is 0 Å². The van der Waals surface area contributed by atoms with Gasteiger partial charge in [0.1, 0.15) is 0 Å². The summed E-state index contributed by atoms with van der Waals surface area (Å²) in [5.74, 6) is -1.34. The SMILES string of the molecule is Cc1ccccc1Cn1c(=O)cc(C(=O)[O-])c2ccccc21. The first kappa shape index (κ1) is 14.1. The third-order valence-corrected chi connectivity index (χ3v) is 3.83. The molecule has 0 aliphatic carbocycles. The lowest BCUT2D eigenvalue weighted by Gasteiger charge is -2.15. The molecule has 0 radical (unpaired) electrons. The molecule has 1 aromatic heterocycles. The fourth-order valence-corrected chi connectivity index (χ4v) is 2.62. The Labute approximate surface area is 127 Å². The van der Waals surface area contributed by atoms with Crippen molar-refractivity contribution < 1.29 is 9.90 Å². The molecule has 2 aromatic carbocycles. The van der Waals surface area contributed by atoms with Gasteiger partial charge < -0.3 is 14.5 Å². The Morgan fingerprint density at radius 1 is 1.09 bits per heavy atom. The fraction of sp³-hybridized carbons (Fsp3) is 0.111. The molecule has 1 heterocycles. The van der Waals surface area contributed by atoms with Crippen LogP contribution >= 0.6 is 0 Å². The Hall–Kier alpha value is -2.88. The van der Waals surface area contributed by atoms with Crippen molar-refractivity contribution in [2.45, 2.75) is 13.5 Å². The number of hydrogen-bond acceptors (Lipinski definition) is 3. The lowest BCUT2D eigenvalue weighted by Crippen LogP contribution is -2.28. The molecular weight excluding hydrogens is 278 g/mol. The van der Waals surface area contributed by atoms with Gasteiger partial charge in [0.05, 0.1) is 18.0 Å². The second kappa shape index (κ2) is 5.48. The highest BCUT2D eigenvalue weighted by atomic mass is 16.4. The first-order valence-electron chi connectivity index (χ1n) is 6.96. The third kappa shape index (κ3) is 2.39. The topological polar surface area (TPSA) is 62.1 Å². The van der Waals surface area contributed by atoms with Crippen molar-refractivity contribution in [3.05, 3.63) is 81.6 Å². The second-order valence-electron chi connectivity index (χ2n) is 5.21. The number of para-hydroxylation sites is 1. The molecule has 22 heavy (non-hydrogen) atoms. The number of aromatic carboxylic acids is 1. The summed E-state index contributed by atoms with van der Waals surface area (Å²) in [4.78, 5) is 23.6. The molecule has 0 fully saturated rings. The molecular formula is C18H14NO3-. The zero-order valence-corrected chi connectivity index (χ0v) is 12.1. The van der Waals surface area contributed by atoms with Crippen molar-refractivity contribution in [2.24, 2.45) is 0 Å². The van der Waals surface area contributed by atoms with E-state index in [-0.39, 0.29) is 11.1 Å². The predicted octanol–water partition coefficient (Wildman–Crippen LogP) is 1.72. The molecule has 0 atom stereocenters. The molecule has 3 aromatic rings. The molecule has 4 nitrogen and oxygen atoms in total. The highest BCUT2D eigenvalue weighted by molar-refractivity contribution is 6.01. The van der Waals surface area contributed by atoms with Crippen LogP contribution in [-0.4, -0.2) is 10.5 Å². The van der Waals surface area contributed by atoms with Crippen LogP contribution in [-0.2, 0) is 6.54 Å². The first-order valence-corrected chi connectivity index (χ1v) is 6.96. The number of carbonyl (C=O) groups is 1. The van der Waals surface area contributed by atoms with Crippen LogP contribution in [0.4, 0.5) is 0 Å². The molecule has 0 amide bonds. The van der Waals surface area contributed by atoms with Crippen molar-refractivity contribution in [3.8, 4) is 0 Å². The number of aryl methyl sites for hydroxylation is 1. The van der Waals surface area contributed by atoms with E-state index in [2.05, 4.69) is 0 Å². The lowest BCUT2D eigenvalue weighted by atomic mass is 10.1. The van der Waals surface area contributed by atoms with Crippen LogP contribution in [0, 0.1) is 6.92 Å². The number of fused-ring (bicyclic) bond motifs is 1. The lowest BCUT2D eigenvalue weighted by molar-refractivity contribution is -0.254. The first-order chi connectivity index (χ1) is 10.6. The molecule has 0 spiro atoms. The van der Waals surface area contributed by atoms with Gasteiger partial charge in [0.2, 0.25) is 0 Å². The standard InChI is InChI=1S/C18H15NO3/c1-12-6-2-3-7-13(12)11-19-16-9-5-4-8-14(16)15(18(21)22)10-17(19)20/h2-10H,11H2,1H3,(H,21,22)/p-1. The van der Waals surface area contributed by atoms with Gasteiger partial charge in [-0.3, -0.25) is 4.79 Å². The number of nitrogens with zero attached hydrogens (tertiary/aromatic N) is 1. The molecule has 0 saturated carbocycles. The summed E-state index contributed by atoms with van der Waals surface area (Å²) in [7, 11) is 0. The largest absolute Gasteiger partial charge is 0.545 e. The van der Waals surface area contributed by atoms with Crippen LogP contribution in [0.1, 0.15) is 21.5 Å². The Morgan fingerprint density at radius 3 is 2.50 bits per heavy atom. The zero-order valence-electron chi connectivity index (χ0n) is 12.1. The number of pyridine rings is 1. The van der Waals surface area contributed by atoms with Crippen LogP contribution in [0.3, 0.4) is 0 Å². The van der Waals surface area contributed by atoms with Crippen molar-refractivity contribution in [1.29, 1.82) is 0 Å². The normalized spacial score (nSPS) is 10.8. The van der Waals surface area contributed by atoms with Crippen LogP contribution < -0.4 is 10.7 Å². The number of rotatable bonds is 3. The minimum absolute atomic E-state index is 0.0679. The second-order valence-corrected chi connectivity index (χ2v) is 5.21. The highest BCUT2D eigenvalue weighted by Gasteiger charge is 2.10. The quantitative estimate of drug-likeness (QED) is 0.738. The minimum atomic E-state index is -1.34. The molecule has 0 saturated heterocycles. The van der Waals surface area contributed by atoms with Crippen LogP contribution in [0.25, 0.3) is 10.9 Å². The van der Waals surface area contributed by atoms with E-state index in [1.807, 2.05) is 31.2 Å². The average Bonchev–Trinajstić information content (AvgIpc) is 2.51. The summed E-state index contributed by atoms with van der Waals surface area (Å²) in [5.41, 5.74) is 2.29. The Kier molecular flexibility index (Phi) is 3.51. The molecule has 0 aliphatic heterocycles. The summed E-state index contributed by atoms with van der Waals surface area (Å²) in [6.07, 6.45) is 0. The minimum Gasteiger partial charge on any atom is -0.545 e. The Balaban J connectivity index is 2.25. The number of carbonyl (C=O) groups excluding carboxylic acids is 1. The summed E-state index contributed by atoms with van der Waals surface area (Å²) in [6.45, 7) is 2.39. The van der Waals surface area contributed by atoms with Gasteiger partial charge in [-0.15, -0.1) is 0 Å². The van der Waals surface area contributed by atoms with Crippen LogP contribution in [0.2, 0.25) is 0 Å². The maximum absolute atomic E-state index is 12.3. The summed E-state index contributed by atoms with van der Waals surface area (Å²) in [5, 5.41) is 11.7. The summed E-state index contributed by atoms with van der Waals surface area (Å²) >= 11 is 0. The number of carboxylic acid groups (broad SMARTS) is 1. The van der Waals surface area contributed by atoms with Gasteiger partial charge in [-0.1, -0.05) is 42.5 Å². The molecule has 0 aliphatic rings. The number of aromatic nitrogens is 1. The van der Waals surface area contributed by atoms with Gasteiger partial charge in [-0.05, 0) is 24.1 Å². The van der Waals surface area contributed by atoms with Crippen molar-refractivity contribution in [3.63, 3.8) is 0 Å². The van der Waals surface area contributed by atoms with Gasteiger partial charge in [0.25, 0.3) is 5.56 Å². The smallest absolute Gasteiger partial charge is 0.251 e. The average molecular weight is 292 g/mol. The van der Waals surface area contributed by atoms with Gasteiger partial charge in [0, 0.05) is 17.0 Å². The van der Waals surface area contributed by atoms with Crippen molar-refractivity contribution >= 4 is 16.9 Å². The van der Waals surface area contributed by atoms with E-state index in [4.69, 9.17) is 0 Å². The Bertz CT molecular complexity index is 925. The van der Waals surface area contributed by atoms with E-state index in [0.29, 0.717) is 17.4 Å². The van der Waals surface area contributed by atoms with Crippen LogP contribution in [0.15, 0.2) is 59.4 Å². The van der Waals surface area contributed by atoms with Gasteiger partial charge in [-0.2, -0.15) is 0 Å². The van der Waals surface area contributed by atoms with E-state index in [1.54, 1.807) is 28.8 Å². The van der Waals surface area contributed by atoms with Gasteiger partial charge in [0.15, 0.2) is 0 Å². The summed E-state index contributed by atoms with van der Waals surface area (Å²) in [6, 6.07) is 15.9. The third-order valence-electron chi connectivity index (χ3n) is 3.83. The maximum atomic E-state index is 12.3. The maximum Gasteiger partial charge on any atom is 0.251 e. The van der Waals surface area contributed by atoms with E-state index >= 15 is 0 Å². The van der Waals surface area contributed by atoms with Crippen molar-refractivity contribution in [1.82, 2.24) is 4.57 Å². The number of hydrogen-bond donors (Lipinski definition) is 0. The molecule has 3 rings (SSSR count). The molecule has 0 N–H and O–H groups in total. The van der Waals surface area contributed by atoms with Gasteiger partial charge in [-0.25, -0.2) is 0 Å². The number of benzene rings is 2. The van der Waals surface area contributed by atoms with Crippen LogP contribution in [0.5, 0.6) is 0 Å². The van der Waals surface area contributed by atoms with Crippen molar-refractivity contribution in [2.75, 3.05) is 0 Å². The van der Waals surface area contributed by atoms with E-state index in [1.165, 1.54) is 0 Å². The van der Waals surface area contributed by atoms with E-state index in [0.717, 1.165) is 17.2 Å². The fourth-order valence-electron chi connectivity index (χ4n) is 2.62. The number of carboxylic acids is 1. The van der Waals surface area contributed by atoms with E-state index < -0.39 is 5.97 Å². The molecule has 110 valence electrons. The molecule has 0 bridgehead atoms. The summed E-state index contributed by atoms with van der Waals surface area (Å²) < 4.78 is 1.59. The highest BCUT2D eigenvalue weighted by Crippen LogP contribution is 2.18. The monoisotopic (exact) mass is 292 g/mol. The predicted molar refractivity (Wildman–Crippen MR) is 82.8 cm³/mol. The zero-order chi connectivity index (χ0) is 15.7. The van der Waals surface area contributed by atoms with E-state index in [9.17, 15) is 14.7 Å². The Morgan fingerprint density at radius 2 is 1.77 bits per heavy atom. The molecule has 0 unspecified atom stereocenters.